The predicted molar refractivity (Wildman–Crippen MR) is 114 cm³/mol. The first-order chi connectivity index (χ1) is 14.1. The molecule has 0 unspecified atom stereocenters. The molecule has 0 aliphatic carbocycles. The average Bonchev–Trinajstić information content (AvgIpc) is 2.75. The topological polar surface area (TPSA) is 49.7 Å². The molecule has 0 bridgehead atoms. The van der Waals surface area contributed by atoms with Crippen molar-refractivity contribution in [3.63, 3.8) is 0 Å². The lowest BCUT2D eigenvalue weighted by atomic mass is 9.66. The van der Waals surface area contributed by atoms with E-state index in [4.69, 9.17) is 14.7 Å². The second-order valence-electron chi connectivity index (χ2n) is 7.15. The zero-order valence-corrected chi connectivity index (χ0v) is 16.4. The Morgan fingerprint density at radius 1 is 0.690 bits per heavy atom. The fourth-order valence-electron chi connectivity index (χ4n) is 3.97. The van der Waals surface area contributed by atoms with Gasteiger partial charge in [0.05, 0.1) is 0 Å². The van der Waals surface area contributed by atoms with Crippen LogP contribution in [0.4, 0.5) is 4.39 Å². The molecule has 0 aromatic heterocycles. The fourth-order valence-corrected chi connectivity index (χ4v) is 3.97. The molecule has 0 atom stereocenters. The van der Waals surface area contributed by atoms with Crippen LogP contribution in [0, 0.1) is 5.82 Å². The number of halogens is 1. The first-order valence-corrected chi connectivity index (χ1v) is 9.98. The summed E-state index contributed by atoms with van der Waals surface area (Å²) in [6, 6.07) is 27.4. The van der Waals surface area contributed by atoms with E-state index in [1.165, 1.54) is 23.3 Å². The molecule has 0 heterocycles. The van der Waals surface area contributed by atoms with Gasteiger partial charge in [-0.3, -0.25) is 0 Å². The minimum atomic E-state index is -1.72. The standard InChI is InChI=1S/C24H26BFO3/c26-23-16-14-22(15-17-23)24(20-10-4-1-5-11-20,21-12-6-2-7-13-21)18-8-3-9-19-29-25(27)28/h1-2,4-7,10-17,27-28H,3,8-9,18-19H2. The summed E-state index contributed by atoms with van der Waals surface area (Å²) in [5.74, 6) is -0.247. The third kappa shape index (κ3) is 5.33. The Hall–Kier alpha value is -2.47. The van der Waals surface area contributed by atoms with E-state index < -0.39 is 12.7 Å². The largest absolute Gasteiger partial charge is 0.633 e. The highest BCUT2D eigenvalue weighted by atomic mass is 19.1. The van der Waals surface area contributed by atoms with Gasteiger partial charge >= 0.3 is 7.32 Å². The van der Waals surface area contributed by atoms with Crippen molar-refractivity contribution in [2.45, 2.75) is 31.1 Å². The smallest absolute Gasteiger partial charge is 0.402 e. The van der Waals surface area contributed by atoms with Crippen LogP contribution in [0.1, 0.15) is 42.4 Å². The van der Waals surface area contributed by atoms with Crippen LogP contribution in [0.5, 0.6) is 0 Å². The molecule has 3 aromatic carbocycles. The van der Waals surface area contributed by atoms with Crippen LogP contribution < -0.4 is 0 Å². The van der Waals surface area contributed by atoms with Crippen LogP contribution >= 0.6 is 0 Å². The second-order valence-corrected chi connectivity index (χ2v) is 7.15. The molecule has 3 rings (SSSR count). The maximum absolute atomic E-state index is 13.7. The second kappa shape index (κ2) is 10.4. The van der Waals surface area contributed by atoms with Crippen molar-refractivity contribution in [2.75, 3.05) is 6.61 Å². The van der Waals surface area contributed by atoms with Crippen molar-refractivity contribution in [1.82, 2.24) is 0 Å². The summed E-state index contributed by atoms with van der Waals surface area (Å²) in [7, 11) is -1.72. The Morgan fingerprint density at radius 2 is 1.21 bits per heavy atom. The van der Waals surface area contributed by atoms with Gasteiger partial charge in [-0.05, 0) is 41.7 Å². The zero-order chi connectivity index (χ0) is 20.5. The van der Waals surface area contributed by atoms with Gasteiger partial charge in [0.25, 0.3) is 0 Å². The van der Waals surface area contributed by atoms with Gasteiger partial charge in [-0.25, -0.2) is 4.39 Å². The van der Waals surface area contributed by atoms with Crippen molar-refractivity contribution in [3.05, 3.63) is 107 Å². The summed E-state index contributed by atoms with van der Waals surface area (Å²) in [5, 5.41) is 17.6. The van der Waals surface area contributed by atoms with E-state index >= 15 is 0 Å². The minimum Gasteiger partial charge on any atom is -0.402 e. The van der Waals surface area contributed by atoms with E-state index in [0.717, 1.165) is 31.2 Å². The molecule has 0 spiro atoms. The number of unbranched alkanes of at least 4 members (excludes halogenated alkanes) is 2. The zero-order valence-electron chi connectivity index (χ0n) is 16.4. The summed E-state index contributed by atoms with van der Waals surface area (Å²) >= 11 is 0. The van der Waals surface area contributed by atoms with Gasteiger partial charge in [0, 0.05) is 12.0 Å². The summed E-state index contributed by atoms with van der Waals surface area (Å²) < 4.78 is 18.5. The third-order valence-corrected chi connectivity index (χ3v) is 5.33. The van der Waals surface area contributed by atoms with E-state index in [9.17, 15) is 4.39 Å². The molecular formula is C24H26BFO3. The summed E-state index contributed by atoms with van der Waals surface area (Å²) in [6.45, 7) is 0.303. The number of hydrogen-bond donors (Lipinski definition) is 2. The van der Waals surface area contributed by atoms with E-state index in [0.29, 0.717) is 6.61 Å². The number of hydrogen-bond acceptors (Lipinski definition) is 3. The molecule has 3 nitrogen and oxygen atoms in total. The molecule has 0 saturated carbocycles. The van der Waals surface area contributed by atoms with Crippen LogP contribution in [0.2, 0.25) is 0 Å². The van der Waals surface area contributed by atoms with Gasteiger partial charge in [-0.15, -0.1) is 0 Å². The Bertz CT molecular complexity index is 815. The molecule has 3 aromatic rings. The molecule has 29 heavy (non-hydrogen) atoms. The number of rotatable bonds is 10. The fraction of sp³-hybridized carbons (Fsp3) is 0.250. The highest BCUT2D eigenvalue weighted by molar-refractivity contribution is 6.32. The highest BCUT2D eigenvalue weighted by Crippen LogP contribution is 2.43. The highest BCUT2D eigenvalue weighted by Gasteiger charge is 2.35. The molecule has 0 aliphatic rings. The Balaban J connectivity index is 1.95. The molecule has 0 amide bonds. The predicted octanol–water partition coefficient (Wildman–Crippen LogP) is 4.71. The van der Waals surface area contributed by atoms with E-state index in [-0.39, 0.29) is 5.82 Å². The van der Waals surface area contributed by atoms with Crippen molar-refractivity contribution >= 4 is 7.32 Å². The quantitative estimate of drug-likeness (QED) is 0.299. The van der Waals surface area contributed by atoms with Crippen molar-refractivity contribution in [2.24, 2.45) is 0 Å². The molecule has 0 fully saturated rings. The minimum absolute atomic E-state index is 0.247. The molecule has 5 heteroatoms. The first kappa shape index (κ1) is 21.2. The molecule has 2 N–H and O–H groups in total. The lowest BCUT2D eigenvalue weighted by molar-refractivity contribution is 0.181. The van der Waals surface area contributed by atoms with Crippen molar-refractivity contribution in [1.29, 1.82) is 0 Å². The van der Waals surface area contributed by atoms with Crippen LogP contribution in [0.15, 0.2) is 84.9 Å². The molecule has 0 saturated heterocycles. The SMILES string of the molecule is OB(O)OCCCCCC(c1ccccc1)(c1ccccc1)c1ccc(F)cc1. The summed E-state index contributed by atoms with van der Waals surface area (Å²) in [6.07, 6.45) is 3.37. The van der Waals surface area contributed by atoms with Crippen molar-refractivity contribution < 1.29 is 19.1 Å². The Kier molecular flexibility index (Phi) is 7.58. The monoisotopic (exact) mass is 392 g/mol. The van der Waals surface area contributed by atoms with Crippen molar-refractivity contribution in [3.8, 4) is 0 Å². The summed E-state index contributed by atoms with van der Waals surface area (Å²) in [4.78, 5) is 0. The summed E-state index contributed by atoms with van der Waals surface area (Å²) in [5.41, 5.74) is 2.99. The molecule has 150 valence electrons. The maximum atomic E-state index is 13.7. The van der Waals surface area contributed by atoms with Crippen LogP contribution in [0.3, 0.4) is 0 Å². The van der Waals surface area contributed by atoms with Gasteiger partial charge in [0.1, 0.15) is 5.82 Å². The van der Waals surface area contributed by atoms with Gasteiger partial charge in [-0.1, -0.05) is 85.6 Å². The molecule has 0 aliphatic heterocycles. The normalized spacial score (nSPS) is 11.4. The van der Waals surface area contributed by atoms with Gasteiger partial charge < -0.3 is 14.7 Å². The third-order valence-electron chi connectivity index (χ3n) is 5.33. The van der Waals surface area contributed by atoms with E-state index in [2.05, 4.69) is 24.3 Å². The number of benzene rings is 3. The lowest BCUT2D eigenvalue weighted by Gasteiger charge is -2.36. The first-order valence-electron chi connectivity index (χ1n) is 9.98. The van der Waals surface area contributed by atoms with Crippen LogP contribution in [0.25, 0.3) is 0 Å². The molecular weight excluding hydrogens is 366 g/mol. The van der Waals surface area contributed by atoms with Crippen LogP contribution in [-0.2, 0) is 10.1 Å². The van der Waals surface area contributed by atoms with Crippen LogP contribution in [-0.4, -0.2) is 24.0 Å². The maximum Gasteiger partial charge on any atom is 0.633 e. The average molecular weight is 392 g/mol. The Labute approximate surface area is 172 Å². The van der Waals surface area contributed by atoms with Gasteiger partial charge in [0.15, 0.2) is 0 Å². The Morgan fingerprint density at radius 3 is 1.72 bits per heavy atom. The lowest BCUT2D eigenvalue weighted by Crippen LogP contribution is -2.29. The molecule has 0 radical (unpaired) electrons. The van der Waals surface area contributed by atoms with Gasteiger partial charge in [0.2, 0.25) is 0 Å². The van der Waals surface area contributed by atoms with E-state index in [1.54, 1.807) is 0 Å². The van der Waals surface area contributed by atoms with E-state index in [1.807, 2.05) is 48.5 Å². The van der Waals surface area contributed by atoms with Gasteiger partial charge in [-0.2, -0.15) is 0 Å².